The van der Waals surface area contributed by atoms with Gasteiger partial charge in [0.15, 0.2) is 0 Å². The van der Waals surface area contributed by atoms with Gasteiger partial charge in [0.1, 0.15) is 12.1 Å². The zero-order valence-electron chi connectivity index (χ0n) is 11.0. The first-order chi connectivity index (χ1) is 9.72. The highest BCUT2D eigenvalue weighted by Gasteiger charge is 2.19. The first-order valence-electron chi connectivity index (χ1n) is 6.15. The van der Waals surface area contributed by atoms with Gasteiger partial charge in [-0.05, 0) is 23.3 Å². The van der Waals surface area contributed by atoms with Crippen LogP contribution >= 0.6 is 0 Å². The van der Waals surface area contributed by atoms with Crippen LogP contribution in [0.15, 0.2) is 42.5 Å². The molecule has 0 bridgehead atoms. The molecular formula is C17H11N3. The molecule has 0 fully saturated rings. The molecule has 1 atom stereocenters. The van der Waals surface area contributed by atoms with Crippen molar-refractivity contribution in [2.75, 3.05) is 0 Å². The Morgan fingerprint density at radius 1 is 0.800 bits per heavy atom. The van der Waals surface area contributed by atoms with Crippen molar-refractivity contribution >= 4 is 0 Å². The molecule has 0 aliphatic heterocycles. The third kappa shape index (κ3) is 2.24. The molecule has 0 spiro atoms. The smallest absolute Gasteiger partial charge is 0.101 e. The summed E-state index contributed by atoms with van der Waals surface area (Å²) in [5.74, 6) is -0.117. The van der Waals surface area contributed by atoms with E-state index in [-0.39, 0.29) is 5.92 Å². The predicted octanol–water partition coefficient (Wildman–Crippen LogP) is 3.45. The van der Waals surface area contributed by atoms with Gasteiger partial charge in [-0.2, -0.15) is 15.8 Å². The summed E-state index contributed by atoms with van der Waals surface area (Å²) in [6, 6.07) is 19.0. The van der Waals surface area contributed by atoms with Crippen LogP contribution in [0, 0.1) is 34.0 Å². The van der Waals surface area contributed by atoms with Crippen molar-refractivity contribution < 1.29 is 0 Å². The molecule has 0 heterocycles. The average Bonchev–Trinajstić information content (AvgIpc) is 2.53. The fraction of sp³-hybridized carbons (Fsp3) is 0.118. The molecule has 2 aromatic rings. The highest BCUT2D eigenvalue weighted by molar-refractivity contribution is 5.59. The van der Waals surface area contributed by atoms with E-state index in [0.29, 0.717) is 22.3 Å². The second-order valence-electron chi connectivity index (χ2n) is 4.42. The molecule has 20 heavy (non-hydrogen) atoms. The molecule has 0 saturated carbocycles. The Kier molecular flexibility index (Phi) is 3.80. The average molecular weight is 257 g/mol. The van der Waals surface area contributed by atoms with E-state index in [0.717, 1.165) is 5.56 Å². The van der Waals surface area contributed by atoms with Crippen LogP contribution in [-0.2, 0) is 0 Å². The highest BCUT2D eigenvalue weighted by Crippen LogP contribution is 2.31. The third-order valence-corrected chi connectivity index (χ3v) is 3.33. The molecule has 2 aromatic carbocycles. The Hall–Kier alpha value is -3.09. The van der Waals surface area contributed by atoms with Crippen molar-refractivity contribution in [2.24, 2.45) is 0 Å². The number of nitriles is 3. The van der Waals surface area contributed by atoms with Crippen LogP contribution < -0.4 is 0 Å². The Morgan fingerprint density at radius 2 is 1.40 bits per heavy atom. The zero-order chi connectivity index (χ0) is 14.5. The molecule has 2 rings (SSSR count). The quantitative estimate of drug-likeness (QED) is 0.827. The lowest BCUT2D eigenvalue weighted by atomic mass is 9.85. The standard InChI is InChI=1S/C17H11N3/c1-12(13-5-3-2-4-6-13)17-15(10-19)8-7-14(9-18)16(17)11-20/h2-8,12H,1H3. The Labute approximate surface area is 117 Å². The Balaban J connectivity index is 2.71. The second kappa shape index (κ2) is 5.70. The minimum absolute atomic E-state index is 0.117. The van der Waals surface area contributed by atoms with Crippen molar-refractivity contribution in [1.82, 2.24) is 0 Å². The van der Waals surface area contributed by atoms with Gasteiger partial charge in [-0.1, -0.05) is 37.3 Å². The molecule has 0 aliphatic carbocycles. The van der Waals surface area contributed by atoms with Crippen molar-refractivity contribution in [3.8, 4) is 18.2 Å². The van der Waals surface area contributed by atoms with E-state index >= 15 is 0 Å². The van der Waals surface area contributed by atoms with Gasteiger partial charge < -0.3 is 0 Å². The van der Waals surface area contributed by atoms with Gasteiger partial charge in [-0.3, -0.25) is 0 Å². The number of nitrogens with zero attached hydrogens (tertiary/aromatic N) is 3. The first-order valence-corrected chi connectivity index (χ1v) is 6.15. The minimum atomic E-state index is -0.117. The van der Waals surface area contributed by atoms with E-state index in [9.17, 15) is 10.5 Å². The normalized spacial score (nSPS) is 10.9. The molecule has 1 unspecified atom stereocenters. The molecule has 0 aromatic heterocycles. The fourth-order valence-electron chi connectivity index (χ4n) is 2.29. The minimum Gasteiger partial charge on any atom is -0.192 e. The summed E-state index contributed by atoms with van der Waals surface area (Å²) in [7, 11) is 0. The van der Waals surface area contributed by atoms with Crippen LogP contribution in [0.4, 0.5) is 0 Å². The monoisotopic (exact) mass is 257 g/mol. The lowest BCUT2D eigenvalue weighted by Gasteiger charge is -2.16. The lowest BCUT2D eigenvalue weighted by molar-refractivity contribution is 0.911. The summed E-state index contributed by atoms with van der Waals surface area (Å²) >= 11 is 0. The maximum atomic E-state index is 9.34. The van der Waals surface area contributed by atoms with Crippen LogP contribution in [-0.4, -0.2) is 0 Å². The molecule has 3 nitrogen and oxygen atoms in total. The summed E-state index contributed by atoms with van der Waals surface area (Å²) < 4.78 is 0. The summed E-state index contributed by atoms with van der Waals surface area (Å²) in [4.78, 5) is 0. The maximum Gasteiger partial charge on any atom is 0.101 e. The highest BCUT2D eigenvalue weighted by atomic mass is 14.3. The summed E-state index contributed by atoms with van der Waals surface area (Å²) in [6.07, 6.45) is 0. The summed E-state index contributed by atoms with van der Waals surface area (Å²) in [6.45, 7) is 1.94. The summed E-state index contributed by atoms with van der Waals surface area (Å²) in [5, 5.41) is 27.7. The molecule has 94 valence electrons. The van der Waals surface area contributed by atoms with Crippen molar-refractivity contribution in [2.45, 2.75) is 12.8 Å². The lowest BCUT2D eigenvalue weighted by Crippen LogP contribution is -2.04. The zero-order valence-corrected chi connectivity index (χ0v) is 11.0. The van der Waals surface area contributed by atoms with Gasteiger partial charge in [-0.25, -0.2) is 0 Å². The SMILES string of the molecule is CC(c1ccccc1)c1c(C#N)ccc(C#N)c1C#N. The van der Waals surface area contributed by atoms with E-state index in [2.05, 4.69) is 12.1 Å². The fourth-order valence-corrected chi connectivity index (χ4v) is 2.29. The maximum absolute atomic E-state index is 9.34. The number of rotatable bonds is 2. The predicted molar refractivity (Wildman–Crippen MR) is 74.5 cm³/mol. The van der Waals surface area contributed by atoms with Crippen molar-refractivity contribution in [3.05, 3.63) is 70.3 Å². The van der Waals surface area contributed by atoms with E-state index in [1.165, 1.54) is 6.07 Å². The molecular weight excluding hydrogens is 246 g/mol. The van der Waals surface area contributed by atoms with Gasteiger partial charge in [0.05, 0.1) is 22.8 Å². The van der Waals surface area contributed by atoms with Gasteiger partial charge in [-0.15, -0.1) is 0 Å². The van der Waals surface area contributed by atoms with Crippen LogP contribution in [0.1, 0.15) is 40.7 Å². The molecule has 0 radical (unpaired) electrons. The molecule has 0 saturated heterocycles. The van der Waals surface area contributed by atoms with Crippen molar-refractivity contribution in [1.29, 1.82) is 15.8 Å². The molecule has 0 N–H and O–H groups in total. The molecule has 0 amide bonds. The largest absolute Gasteiger partial charge is 0.192 e. The molecule has 0 aliphatic rings. The van der Waals surface area contributed by atoms with Crippen LogP contribution in [0.5, 0.6) is 0 Å². The summed E-state index contributed by atoms with van der Waals surface area (Å²) in [5.41, 5.74) is 2.68. The van der Waals surface area contributed by atoms with Crippen LogP contribution in [0.3, 0.4) is 0 Å². The molecule has 3 heteroatoms. The van der Waals surface area contributed by atoms with Gasteiger partial charge in [0.2, 0.25) is 0 Å². The van der Waals surface area contributed by atoms with Crippen LogP contribution in [0.2, 0.25) is 0 Å². The number of hydrogen-bond donors (Lipinski definition) is 0. The van der Waals surface area contributed by atoms with E-state index in [1.54, 1.807) is 6.07 Å². The second-order valence-corrected chi connectivity index (χ2v) is 4.42. The third-order valence-electron chi connectivity index (χ3n) is 3.33. The van der Waals surface area contributed by atoms with Crippen LogP contribution in [0.25, 0.3) is 0 Å². The number of benzene rings is 2. The Bertz CT molecular complexity index is 756. The number of hydrogen-bond acceptors (Lipinski definition) is 3. The van der Waals surface area contributed by atoms with Gasteiger partial charge >= 0.3 is 0 Å². The van der Waals surface area contributed by atoms with E-state index in [4.69, 9.17) is 5.26 Å². The van der Waals surface area contributed by atoms with Gasteiger partial charge in [0.25, 0.3) is 0 Å². The first kappa shape index (κ1) is 13.3. The van der Waals surface area contributed by atoms with E-state index in [1.807, 2.05) is 43.3 Å². The van der Waals surface area contributed by atoms with Crippen molar-refractivity contribution in [3.63, 3.8) is 0 Å². The topological polar surface area (TPSA) is 71.4 Å². The van der Waals surface area contributed by atoms with E-state index < -0.39 is 0 Å². The Morgan fingerprint density at radius 3 is 1.95 bits per heavy atom. The van der Waals surface area contributed by atoms with Gasteiger partial charge in [0, 0.05) is 5.92 Å².